The number of alkyl halides is 1. The average Bonchev–Trinajstić information content (AvgIpc) is 3.19. The highest BCUT2D eigenvalue weighted by Gasteiger charge is 2.31. The summed E-state index contributed by atoms with van der Waals surface area (Å²) in [6.45, 7) is 2.96. The molecular formula is C23H29ClN2O. The number of hydrogen-bond donors (Lipinski definition) is 0. The second-order valence-electron chi connectivity index (χ2n) is 8.26. The normalized spacial score (nSPS) is 16.4. The quantitative estimate of drug-likeness (QED) is 0.287. The lowest BCUT2D eigenvalue weighted by Crippen LogP contribution is -2.14. The molecule has 0 saturated heterocycles. The zero-order chi connectivity index (χ0) is 18.8. The van der Waals surface area contributed by atoms with Gasteiger partial charge in [-0.2, -0.15) is 5.10 Å². The van der Waals surface area contributed by atoms with E-state index in [0.29, 0.717) is 18.2 Å². The fourth-order valence-corrected chi connectivity index (χ4v) is 4.94. The van der Waals surface area contributed by atoms with Gasteiger partial charge in [0.2, 0.25) is 0 Å². The van der Waals surface area contributed by atoms with E-state index < -0.39 is 0 Å². The van der Waals surface area contributed by atoms with Crippen molar-refractivity contribution in [2.24, 2.45) is 5.92 Å². The molecule has 1 fully saturated rings. The first-order valence-corrected chi connectivity index (χ1v) is 11.0. The first-order valence-electron chi connectivity index (χ1n) is 10.5. The molecule has 27 heavy (non-hydrogen) atoms. The highest BCUT2D eigenvalue weighted by Crippen LogP contribution is 2.40. The van der Waals surface area contributed by atoms with Gasteiger partial charge in [0.1, 0.15) is 5.69 Å². The van der Waals surface area contributed by atoms with Crippen molar-refractivity contribution < 1.29 is 4.79 Å². The van der Waals surface area contributed by atoms with Gasteiger partial charge in [0, 0.05) is 36.4 Å². The number of aryl methyl sites for hydroxylation is 2. The van der Waals surface area contributed by atoms with Crippen molar-refractivity contribution in [3.8, 4) is 11.3 Å². The molecule has 1 saturated carbocycles. The summed E-state index contributed by atoms with van der Waals surface area (Å²) in [5.74, 6) is 1.47. The summed E-state index contributed by atoms with van der Waals surface area (Å²) in [6, 6.07) is 6.62. The van der Waals surface area contributed by atoms with Gasteiger partial charge in [-0.05, 0) is 31.2 Å². The SMILES string of the molecule is Cc1ccc2c(c1)Cc1c(C(=O)CC3CCCCC3)nn(CCCCCl)c1-2. The number of aromatic nitrogens is 2. The summed E-state index contributed by atoms with van der Waals surface area (Å²) in [6.07, 6.45) is 9.74. The van der Waals surface area contributed by atoms with Gasteiger partial charge in [-0.1, -0.05) is 55.9 Å². The summed E-state index contributed by atoms with van der Waals surface area (Å²) >= 11 is 5.86. The third-order valence-corrected chi connectivity index (χ3v) is 6.42. The van der Waals surface area contributed by atoms with E-state index in [-0.39, 0.29) is 5.78 Å². The van der Waals surface area contributed by atoms with Crippen LogP contribution in [0, 0.1) is 12.8 Å². The van der Waals surface area contributed by atoms with Crippen molar-refractivity contribution in [2.45, 2.75) is 71.3 Å². The minimum atomic E-state index is 0.249. The van der Waals surface area contributed by atoms with E-state index in [1.54, 1.807) is 0 Å². The van der Waals surface area contributed by atoms with Crippen molar-refractivity contribution in [2.75, 3.05) is 5.88 Å². The molecule has 3 nitrogen and oxygen atoms in total. The fraction of sp³-hybridized carbons (Fsp3) is 0.565. The van der Waals surface area contributed by atoms with Gasteiger partial charge < -0.3 is 0 Å². The average molecular weight is 385 g/mol. The number of rotatable bonds is 7. The van der Waals surface area contributed by atoms with Crippen molar-refractivity contribution in [3.05, 3.63) is 40.6 Å². The van der Waals surface area contributed by atoms with Crippen molar-refractivity contribution in [1.82, 2.24) is 9.78 Å². The highest BCUT2D eigenvalue weighted by atomic mass is 35.5. The van der Waals surface area contributed by atoms with Gasteiger partial charge in [-0.3, -0.25) is 9.48 Å². The molecule has 1 aromatic heterocycles. The minimum absolute atomic E-state index is 0.249. The number of hydrogen-bond acceptors (Lipinski definition) is 2. The number of Topliss-reactive ketones (excluding diaryl/α,β-unsaturated/α-hetero) is 1. The maximum Gasteiger partial charge on any atom is 0.183 e. The molecule has 4 heteroatoms. The molecule has 2 aromatic rings. The predicted octanol–water partition coefficient (Wildman–Crippen LogP) is 5.93. The predicted molar refractivity (Wildman–Crippen MR) is 111 cm³/mol. The van der Waals surface area contributed by atoms with E-state index >= 15 is 0 Å². The maximum atomic E-state index is 13.1. The molecular weight excluding hydrogens is 356 g/mol. The summed E-state index contributed by atoms with van der Waals surface area (Å²) in [5.41, 5.74) is 6.92. The Morgan fingerprint density at radius 2 is 2.04 bits per heavy atom. The Morgan fingerprint density at radius 1 is 1.22 bits per heavy atom. The number of fused-ring (bicyclic) bond motifs is 3. The topological polar surface area (TPSA) is 34.9 Å². The molecule has 144 valence electrons. The van der Waals surface area contributed by atoms with Crippen LogP contribution in [0.1, 0.15) is 78.5 Å². The van der Waals surface area contributed by atoms with Gasteiger partial charge in [-0.25, -0.2) is 0 Å². The largest absolute Gasteiger partial charge is 0.292 e. The van der Waals surface area contributed by atoms with Crippen LogP contribution in [0.25, 0.3) is 11.3 Å². The Morgan fingerprint density at radius 3 is 2.81 bits per heavy atom. The van der Waals surface area contributed by atoms with Crippen LogP contribution >= 0.6 is 11.6 Å². The molecule has 4 rings (SSSR count). The Balaban J connectivity index is 1.64. The monoisotopic (exact) mass is 384 g/mol. The third kappa shape index (κ3) is 3.85. The Labute approximate surface area is 167 Å². The number of unbranched alkanes of at least 4 members (excludes halogenated alkanes) is 1. The molecule has 0 bridgehead atoms. The van der Waals surface area contributed by atoms with E-state index in [2.05, 4.69) is 29.8 Å². The Hall–Kier alpha value is -1.61. The van der Waals surface area contributed by atoms with E-state index in [1.807, 2.05) is 0 Å². The summed E-state index contributed by atoms with van der Waals surface area (Å²) in [5, 5.41) is 4.81. The molecule has 0 atom stereocenters. The van der Waals surface area contributed by atoms with Gasteiger partial charge in [-0.15, -0.1) is 11.6 Å². The van der Waals surface area contributed by atoms with E-state index in [9.17, 15) is 4.79 Å². The van der Waals surface area contributed by atoms with Gasteiger partial charge in [0.15, 0.2) is 5.78 Å². The highest BCUT2D eigenvalue weighted by molar-refractivity contribution is 6.17. The number of benzene rings is 1. The number of halogens is 1. The standard InChI is InChI=1S/C23H29ClN2O/c1-16-9-10-19-18(13-16)15-20-22(21(27)14-17-7-3-2-4-8-17)25-26(23(19)20)12-6-5-11-24/h9-10,13,17H,2-8,11-12,14-15H2,1H3. The number of nitrogens with zero attached hydrogens (tertiary/aromatic N) is 2. The van der Waals surface area contributed by atoms with E-state index in [1.165, 1.54) is 54.5 Å². The zero-order valence-corrected chi connectivity index (χ0v) is 17.0. The molecule has 1 heterocycles. The zero-order valence-electron chi connectivity index (χ0n) is 16.3. The molecule has 0 radical (unpaired) electrons. The minimum Gasteiger partial charge on any atom is -0.292 e. The lowest BCUT2D eigenvalue weighted by Gasteiger charge is -2.20. The van der Waals surface area contributed by atoms with Gasteiger partial charge >= 0.3 is 0 Å². The van der Waals surface area contributed by atoms with Crippen LogP contribution in [0.2, 0.25) is 0 Å². The maximum absolute atomic E-state index is 13.1. The summed E-state index contributed by atoms with van der Waals surface area (Å²) in [7, 11) is 0. The lowest BCUT2D eigenvalue weighted by atomic mass is 9.85. The van der Waals surface area contributed by atoms with Crippen LogP contribution in [0.4, 0.5) is 0 Å². The fourth-order valence-electron chi connectivity index (χ4n) is 4.75. The van der Waals surface area contributed by atoms with Crippen LogP contribution in [-0.4, -0.2) is 21.4 Å². The van der Waals surface area contributed by atoms with Gasteiger partial charge in [0.25, 0.3) is 0 Å². The number of carbonyl (C=O) groups is 1. The first-order chi connectivity index (χ1) is 13.2. The molecule has 1 aromatic carbocycles. The molecule has 0 N–H and O–H groups in total. The third-order valence-electron chi connectivity index (χ3n) is 6.15. The van der Waals surface area contributed by atoms with Gasteiger partial charge in [0.05, 0.1) is 5.69 Å². The van der Waals surface area contributed by atoms with Crippen molar-refractivity contribution in [1.29, 1.82) is 0 Å². The van der Waals surface area contributed by atoms with E-state index in [0.717, 1.165) is 37.1 Å². The Bertz CT molecular complexity index is 833. The van der Waals surface area contributed by atoms with Crippen molar-refractivity contribution in [3.63, 3.8) is 0 Å². The first kappa shape index (κ1) is 18.7. The van der Waals surface area contributed by atoms with E-state index in [4.69, 9.17) is 16.7 Å². The molecule has 0 spiro atoms. The van der Waals surface area contributed by atoms with Crippen LogP contribution in [-0.2, 0) is 13.0 Å². The second-order valence-corrected chi connectivity index (χ2v) is 8.64. The van der Waals surface area contributed by atoms with Crippen LogP contribution < -0.4 is 0 Å². The number of carbonyl (C=O) groups excluding carboxylic acids is 1. The number of ketones is 1. The smallest absolute Gasteiger partial charge is 0.183 e. The molecule has 2 aliphatic rings. The molecule has 0 aliphatic heterocycles. The Kier molecular flexibility index (Phi) is 5.68. The summed E-state index contributed by atoms with van der Waals surface area (Å²) in [4.78, 5) is 13.1. The van der Waals surface area contributed by atoms with Crippen LogP contribution in [0.15, 0.2) is 18.2 Å². The molecule has 2 aliphatic carbocycles. The second kappa shape index (κ2) is 8.18. The summed E-state index contributed by atoms with van der Waals surface area (Å²) < 4.78 is 2.08. The van der Waals surface area contributed by atoms with Crippen LogP contribution in [0.5, 0.6) is 0 Å². The molecule has 0 unspecified atom stereocenters. The molecule has 0 amide bonds. The lowest BCUT2D eigenvalue weighted by molar-refractivity contribution is 0.0943. The van der Waals surface area contributed by atoms with Crippen molar-refractivity contribution >= 4 is 17.4 Å². The van der Waals surface area contributed by atoms with Crippen LogP contribution in [0.3, 0.4) is 0 Å².